The molecule has 1 aromatic rings. The highest BCUT2D eigenvalue weighted by Crippen LogP contribution is 2.38. The maximum absolute atomic E-state index is 12.9. The molecule has 2 N–H and O–H groups in total. The monoisotopic (exact) mass is 258 g/mol. The van der Waals surface area contributed by atoms with Crippen LogP contribution < -0.4 is 10.6 Å². The number of hydrogen-bond acceptors (Lipinski definition) is 2. The molecule has 3 atom stereocenters. The van der Waals surface area contributed by atoms with Crippen LogP contribution in [0.1, 0.15) is 31.7 Å². The molecule has 19 heavy (non-hydrogen) atoms. The highest BCUT2D eigenvalue weighted by molar-refractivity contribution is 5.98. The van der Waals surface area contributed by atoms with Crippen molar-refractivity contribution in [3.63, 3.8) is 0 Å². The van der Waals surface area contributed by atoms with Gasteiger partial charge in [0.15, 0.2) is 0 Å². The zero-order valence-electron chi connectivity index (χ0n) is 11.5. The molecule has 3 heteroatoms. The van der Waals surface area contributed by atoms with Crippen molar-refractivity contribution < 1.29 is 4.79 Å². The summed E-state index contributed by atoms with van der Waals surface area (Å²) >= 11 is 0. The molecular formula is C16H22N2O. The predicted molar refractivity (Wildman–Crippen MR) is 77.0 cm³/mol. The van der Waals surface area contributed by atoms with E-state index in [0.29, 0.717) is 18.4 Å². The summed E-state index contributed by atoms with van der Waals surface area (Å²) in [6.07, 6.45) is 4.23. The van der Waals surface area contributed by atoms with Gasteiger partial charge in [0.25, 0.3) is 0 Å². The van der Waals surface area contributed by atoms with Gasteiger partial charge in [0.05, 0.1) is 0 Å². The van der Waals surface area contributed by atoms with Gasteiger partial charge < -0.3 is 10.6 Å². The van der Waals surface area contributed by atoms with Gasteiger partial charge in [0.1, 0.15) is 0 Å². The van der Waals surface area contributed by atoms with Gasteiger partial charge in [0.2, 0.25) is 5.91 Å². The second-order valence-corrected chi connectivity index (χ2v) is 5.92. The number of hydrogen-bond donors (Lipinski definition) is 1. The van der Waals surface area contributed by atoms with Crippen LogP contribution in [0.3, 0.4) is 0 Å². The quantitative estimate of drug-likeness (QED) is 0.885. The molecule has 1 unspecified atom stereocenters. The van der Waals surface area contributed by atoms with Crippen LogP contribution in [0.5, 0.6) is 0 Å². The molecule has 1 heterocycles. The van der Waals surface area contributed by atoms with Crippen LogP contribution in [0.15, 0.2) is 24.3 Å². The van der Waals surface area contributed by atoms with Crippen LogP contribution in [0, 0.1) is 11.8 Å². The van der Waals surface area contributed by atoms with Crippen molar-refractivity contribution in [1.29, 1.82) is 0 Å². The largest absolute Gasteiger partial charge is 0.330 e. The summed E-state index contributed by atoms with van der Waals surface area (Å²) < 4.78 is 0. The van der Waals surface area contributed by atoms with Crippen LogP contribution in [0.2, 0.25) is 0 Å². The second kappa shape index (κ2) is 4.97. The molecular weight excluding hydrogens is 236 g/mol. The van der Waals surface area contributed by atoms with Crippen molar-refractivity contribution in [3.8, 4) is 0 Å². The van der Waals surface area contributed by atoms with E-state index in [2.05, 4.69) is 25.1 Å². The number of nitrogens with two attached hydrogens (primary N) is 1. The Kier molecular flexibility index (Phi) is 3.31. The van der Waals surface area contributed by atoms with E-state index in [0.717, 1.165) is 31.4 Å². The Morgan fingerprint density at radius 2 is 2.16 bits per heavy atom. The lowest BCUT2D eigenvalue weighted by Gasteiger charge is -2.28. The number of carbonyl (C=O) groups excluding carboxylic acids is 1. The van der Waals surface area contributed by atoms with Crippen molar-refractivity contribution >= 4 is 11.6 Å². The SMILES string of the molecule is CC1Cc2ccccc2N1C(=O)[C@@H]1CCC[C@@H]1CN. The molecule has 0 bridgehead atoms. The molecule has 0 saturated heterocycles. The van der Waals surface area contributed by atoms with E-state index in [-0.39, 0.29) is 12.0 Å². The fraction of sp³-hybridized carbons (Fsp3) is 0.562. The average Bonchev–Trinajstić information content (AvgIpc) is 3.00. The summed E-state index contributed by atoms with van der Waals surface area (Å²) in [5.74, 6) is 0.816. The van der Waals surface area contributed by atoms with Gasteiger partial charge in [-0.1, -0.05) is 24.6 Å². The number of benzene rings is 1. The average molecular weight is 258 g/mol. The molecule has 0 spiro atoms. The molecule has 1 aliphatic carbocycles. The summed E-state index contributed by atoms with van der Waals surface area (Å²) in [5.41, 5.74) is 8.23. The van der Waals surface area contributed by atoms with Gasteiger partial charge in [-0.15, -0.1) is 0 Å². The third-order valence-electron chi connectivity index (χ3n) is 4.72. The van der Waals surface area contributed by atoms with Crippen LogP contribution in [0.25, 0.3) is 0 Å². The van der Waals surface area contributed by atoms with E-state index in [9.17, 15) is 4.79 Å². The number of carbonyl (C=O) groups is 1. The molecule has 0 aromatic heterocycles. The first kappa shape index (κ1) is 12.7. The summed E-state index contributed by atoms with van der Waals surface area (Å²) in [6.45, 7) is 2.78. The Morgan fingerprint density at radius 3 is 2.95 bits per heavy atom. The normalized spacial score (nSPS) is 29.6. The van der Waals surface area contributed by atoms with Gasteiger partial charge in [0, 0.05) is 17.6 Å². The standard InChI is InChI=1S/C16H22N2O/c1-11-9-12-5-2-3-8-15(12)18(11)16(19)14-7-4-6-13(14)10-17/h2-3,5,8,11,13-14H,4,6-7,9-10,17H2,1H3/t11?,13-,14-/m1/s1. The van der Waals surface area contributed by atoms with Crippen LogP contribution in [0.4, 0.5) is 5.69 Å². The lowest BCUT2D eigenvalue weighted by Crippen LogP contribution is -2.42. The van der Waals surface area contributed by atoms with Gasteiger partial charge in [-0.25, -0.2) is 0 Å². The van der Waals surface area contributed by atoms with Crippen LogP contribution in [-0.2, 0) is 11.2 Å². The summed E-state index contributed by atoms with van der Waals surface area (Å²) in [5, 5.41) is 0. The number of nitrogens with zero attached hydrogens (tertiary/aromatic N) is 1. The zero-order valence-corrected chi connectivity index (χ0v) is 11.5. The smallest absolute Gasteiger partial charge is 0.230 e. The molecule has 1 aliphatic heterocycles. The van der Waals surface area contributed by atoms with E-state index >= 15 is 0 Å². The minimum absolute atomic E-state index is 0.138. The van der Waals surface area contributed by atoms with E-state index in [1.165, 1.54) is 5.56 Å². The zero-order chi connectivity index (χ0) is 13.4. The fourth-order valence-corrected chi connectivity index (χ4v) is 3.72. The molecule has 2 aliphatic rings. The molecule has 1 amide bonds. The topological polar surface area (TPSA) is 46.3 Å². The van der Waals surface area contributed by atoms with Gasteiger partial charge in [-0.3, -0.25) is 4.79 Å². The molecule has 102 valence electrons. The molecule has 3 rings (SSSR count). The Hall–Kier alpha value is -1.35. The van der Waals surface area contributed by atoms with Gasteiger partial charge >= 0.3 is 0 Å². The first-order chi connectivity index (χ1) is 9.22. The fourth-order valence-electron chi connectivity index (χ4n) is 3.72. The van der Waals surface area contributed by atoms with Gasteiger partial charge in [-0.2, -0.15) is 0 Å². The molecule has 3 nitrogen and oxygen atoms in total. The number of anilines is 1. The first-order valence-electron chi connectivity index (χ1n) is 7.33. The van der Waals surface area contributed by atoms with Crippen molar-refractivity contribution in [2.75, 3.05) is 11.4 Å². The van der Waals surface area contributed by atoms with E-state index in [1.807, 2.05) is 11.0 Å². The van der Waals surface area contributed by atoms with E-state index in [4.69, 9.17) is 5.73 Å². The molecule has 1 aromatic carbocycles. The number of para-hydroxylation sites is 1. The minimum atomic E-state index is 0.138. The maximum Gasteiger partial charge on any atom is 0.230 e. The third-order valence-corrected chi connectivity index (χ3v) is 4.72. The summed E-state index contributed by atoms with van der Waals surface area (Å²) in [7, 11) is 0. The van der Waals surface area contributed by atoms with E-state index in [1.54, 1.807) is 0 Å². The van der Waals surface area contributed by atoms with Crippen molar-refractivity contribution in [1.82, 2.24) is 0 Å². The highest BCUT2D eigenvalue weighted by Gasteiger charge is 2.39. The van der Waals surface area contributed by atoms with E-state index < -0.39 is 0 Å². The van der Waals surface area contributed by atoms with Crippen LogP contribution in [-0.4, -0.2) is 18.5 Å². The first-order valence-corrected chi connectivity index (χ1v) is 7.33. The number of rotatable bonds is 2. The Bertz CT molecular complexity index is 485. The summed E-state index contributed by atoms with van der Waals surface area (Å²) in [4.78, 5) is 14.9. The second-order valence-electron chi connectivity index (χ2n) is 5.92. The lowest BCUT2D eigenvalue weighted by atomic mass is 9.94. The Morgan fingerprint density at radius 1 is 1.37 bits per heavy atom. The molecule has 0 radical (unpaired) electrons. The lowest BCUT2D eigenvalue weighted by molar-refractivity contribution is -0.123. The Labute approximate surface area is 114 Å². The third kappa shape index (κ3) is 2.06. The molecule has 1 saturated carbocycles. The van der Waals surface area contributed by atoms with Crippen LogP contribution >= 0.6 is 0 Å². The van der Waals surface area contributed by atoms with Crippen molar-refractivity contribution in [2.24, 2.45) is 17.6 Å². The Balaban J connectivity index is 1.88. The number of fused-ring (bicyclic) bond motifs is 1. The number of amides is 1. The molecule has 1 fully saturated rings. The van der Waals surface area contributed by atoms with Crippen molar-refractivity contribution in [3.05, 3.63) is 29.8 Å². The maximum atomic E-state index is 12.9. The van der Waals surface area contributed by atoms with Gasteiger partial charge in [-0.05, 0) is 50.3 Å². The minimum Gasteiger partial charge on any atom is -0.330 e. The van der Waals surface area contributed by atoms with Crippen molar-refractivity contribution in [2.45, 2.75) is 38.6 Å². The highest BCUT2D eigenvalue weighted by atomic mass is 16.2. The predicted octanol–water partition coefficient (Wildman–Crippen LogP) is 2.34. The summed E-state index contributed by atoms with van der Waals surface area (Å²) in [6, 6.07) is 8.56.